The van der Waals surface area contributed by atoms with Crippen molar-refractivity contribution in [3.8, 4) is 0 Å². The maximum atomic E-state index is 12.1. The highest BCUT2D eigenvalue weighted by Crippen LogP contribution is 2.16. The number of hydrogen-bond donors (Lipinski definition) is 1. The summed E-state index contributed by atoms with van der Waals surface area (Å²) < 4.78 is 29.6. The first-order valence-corrected chi connectivity index (χ1v) is 9.30. The summed E-state index contributed by atoms with van der Waals surface area (Å²) in [6, 6.07) is 4.90. The molecule has 0 saturated carbocycles. The number of nitro benzene ring substituents is 1. The number of non-ortho nitro benzene ring substituents is 1. The van der Waals surface area contributed by atoms with Crippen molar-refractivity contribution < 1.29 is 28.0 Å². The fourth-order valence-corrected chi connectivity index (χ4v) is 3.63. The molecule has 1 atom stereocenters. The lowest BCUT2D eigenvalue weighted by molar-refractivity contribution is -0.384. The molecule has 1 N–H and O–H groups in total. The highest BCUT2D eigenvalue weighted by atomic mass is 32.2. The Morgan fingerprint density at radius 3 is 2.52 bits per heavy atom. The van der Waals surface area contributed by atoms with Crippen molar-refractivity contribution in [2.24, 2.45) is 0 Å². The van der Waals surface area contributed by atoms with Gasteiger partial charge < -0.3 is 14.7 Å². The van der Waals surface area contributed by atoms with Crippen molar-refractivity contribution >= 4 is 21.8 Å². The lowest BCUT2D eigenvalue weighted by Crippen LogP contribution is -2.57. The van der Waals surface area contributed by atoms with Gasteiger partial charge in [0.15, 0.2) is 0 Å². The molecular weight excluding hydrogens is 354 g/mol. The first-order chi connectivity index (χ1) is 11.7. The molecule has 0 aromatic heterocycles. The van der Waals surface area contributed by atoms with E-state index in [-0.39, 0.29) is 31.9 Å². The van der Waals surface area contributed by atoms with Gasteiger partial charge in [0.2, 0.25) is 10.0 Å². The topological polar surface area (TPSA) is 130 Å². The Balaban J connectivity index is 1.92. The monoisotopic (exact) mass is 373 g/mol. The van der Waals surface area contributed by atoms with E-state index in [1.165, 1.54) is 29.2 Å². The third kappa shape index (κ3) is 4.87. The Bertz CT molecular complexity index is 735. The summed E-state index contributed by atoms with van der Waals surface area (Å²) in [7, 11) is -3.46. The van der Waals surface area contributed by atoms with Gasteiger partial charge in [-0.25, -0.2) is 13.2 Å². The molecule has 0 unspecified atom stereocenters. The van der Waals surface area contributed by atoms with E-state index in [1.54, 1.807) is 0 Å². The van der Waals surface area contributed by atoms with E-state index in [4.69, 9.17) is 4.74 Å². The number of nitrogens with zero attached hydrogens (tertiary/aromatic N) is 3. The average Bonchev–Trinajstić information content (AvgIpc) is 2.58. The number of ether oxygens (including phenoxy) is 1. The standard InChI is InChI=1S/C14H19N3O7S/c1-25(22,23)16-7-6-15(8-13(16)9-18)14(19)24-10-11-2-4-12(5-3-11)17(20)21/h2-5,13,18H,6-10H2,1H3/t13-/m0/s1. The minimum absolute atomic E-state index is 0.0304. The van der Waals surface area contributed by atoms with Crippen molar-refractivity contribution in [3.63, 3.8) is 0 Å². The van der Waals surface area contributed by atoms with Crippen molar-refractivity contribution in [1.29, 1.82) is 0 Å². The molecule has 0 bridgehead atoms. The van der Waals surface area contributed by atoms with Crippen LogP contribution in [0.25, 0.3) is 0 Å². The number of aliphatic hydroxyl groups excluding tert-OH is 1. The van der Waals surface area contributed by atoms with Crippen LogP contribution in [0.3, 0.4) is 0 Å². The summed E-state index contributed by atoms with van der Waals surface area (Å²) in [5, 5.41) is 20.0. The second kappa shape index (κ2) is 7.76. The third-order valence-electron chi connectivity index (χ3n) is 3.83. The Kier molecular flexibility index (Phi) is 5.93. The number of rotatable bonds is 5. The van der Waals surface area contributed by atoms with Crippen molar-refractivity contribution in [2.45, 2.75) is 12.6 Å². The minimum Gasteiger partial charge on any atom is -0.445 e. The summed E-state index contributed by atoms with van der Waals surface area (Å²) in [5.74, 6) is 0. The normalized spacial score (nSPS) is 18.8. The predicted molar refractivity (Wildman–Crippen MR) is 87.3 cm³/mol. The van der Waals surface area contributed by atoms with Gasteiger partial charge in [0.1, 0.15) is 6.61 Å². The first-order valence-electron chi connectivity index (χ1n) is 7.45. The van der Waals surface area contributed by atoms with Gasteiger partial charge in [-0.05, 0) is 17.7 Å². The summed E-state index contributed by atoms with van der Waals surface area (Å²) >= 11 is 0. The van der Waals surface area contributed by atoms with Gasteiger partial charge in [-0.15, -0.1) is 0 Å². The number of carbonyl (C=O) groups excluding carboxylic acids is 1. The van der Waals surface area contributed by atoms with E-state index < -0.39 is 33.7 Å². The molecule has 138 valence electrons. The fraction of sp³-hybridized carbons (Fsp3) is 0.500. The second-order valence-electron chi connectivity index (χ2n) is 5.63. The van der Waals surface area contributed by atoms with Crippen LogP contribution in [0.5, 0.6) is 0 Å². The maximum Gasteiger partial charge on any atom is 0.410 e. The van der Waals surface area contributed by atoms with Gasteiger partial charge in [-0.3, -0.25) is 10.1 Å². The molecular formula is C14H19N3O7S. The fourth-order valence-electron chi connectivity index (χ4n) is 2.54. The number of hydrogen-bond acceptors (Lipinski definition) is 7. The Labute approximate surface area is 144 Å². The molecule has 1 aliphatic rings. The highest BCUT2D eigenvalue weighted by Gasteiger charge is 2.34. The lowest BCUT2D eigenvalue weighted by Gasteiger charge is -2.38. The number of aliphatic hydroxyl groups is 1. The molecule has 1 aromatic carbocycles. The van der Waals surface area contributed by atoms with Crippen LogP contribution in [0.2, 0.25) is 0 Å². The highest BCUT2D eigenvalue weighted by molar-refractivity contribution is 7.88. The Hall–Kier alpha value is -2.24. The molecule has 1 aliphatic heterocycles. The minimum atomic E-state index is -3.46. The van der Waals surface area contributed by atoms with E-state index >= 15 is 0 Å². The molecule has 1 heterocycles. The second-order valence-corrected chi connectivity index (χ2v) is 7.57. The van der Waals surface area contributed by atoms with E-state index in [0.717, 1.165) is 10.6 Å². The molecule has 1 amide bonds. The quantitative estimate of drug-likeness (QED) is 0.575. The smallest absolute Gasteiger partial charge is 0.410 e. The SMILES string of the molecule is CS(=O)(=O)N1CCN(C(=O)OCc2ccc([N+](=O)[O-])cc2)C[C@H]1CO. The summed E-state index contributed by atoms with van der Waals surface area (Å²) in [6.07, 6.45) is 0.420. The molecule has 1 fully saturated rings. The van der Waals surface area contributed by atoms with Crippen LogP contribution in [0.4, 0.5) is 10.5 Å². The zero-order valence-electron chi connectivity index (χ0n) is 13.6. The van der Waals surface area contributed by atoms with E-state index in [0.29, 0.717) is 5.56 Å². The number of amides is 1. The van der Waals surface area contributed by atoms with Crippen LogP contribution in [0.15, 0.2) is 24.3 Å². The van der Waals surface area contributed by atoms with Crippen molar-refractivity contribution in [3.05, 3.63) is 39.9 Å². The Morgan fingerprint density at radius 1 is 1.36 bits per heavy atom. The van der Waals surface area contributed by atoms with E-state index in [1.807, 2.05) is 0 Å². The van der Waals surface area contributed by atoms with Crippen LogP contribution in [0.1, 0.15) is 5.56 Å². The molecule has 0 spiro atoms. The molecule has 1 aromatic rings. The van der Waals surface area contributed by atoms with Crippen LogP contribution >= 0.6 is 0 Å². The average molecular weight is 373 g/mol. The zero-order valence-corrected chi connectivity index (χ0v) is 14.4. The van der Waals surface area contributed by atoms with Crippen LogP contribution in [-0.2, 0) is 21.4 Å². The molecule has 11 heteroatoms. The van der Waals surface area contributed by atoms with Crippen LogP contribution < -0.4 is 0 Å². The van der Waals surface area contributed by atoms with E-state index in [2.05, 4.69) is 0 Å². The van der Waals surface area contributed by atoms with Gasteiger partial charge in [-0.2, -0.15) is 4.31 Å². The molecule has 2 rings (SSSR count). The molecule has 10 nitrogen and oxygen atoms in total. The molecule has 0 aliphatic carbocycles. The summed E-state index contributed by atoms with van der Waals surface area (Å²) in [4.78, 5) is 23.5. The third-order valence-corrected chi connectivity index (χ3v) is 5.17. The summed E-state index contributed by atoms with van der Waals surface area (Å²) in [5.41, 5.74) is 0.533. The van der Waals surface area contributed by atoms with E-state index in [9.17, 15) is 28.4 Å². The first kappa shape index (κ1) is 19.1. The summed E-state index contributed by atoms with van der Waals surface area (Å²) in [6.45, 7) is -0.200. The number of sulfonamides is 1. The predicted octanol–water partition coefficient (Wildman–Crippen LogP) is 0.170. The van der Waals surface area contributed by atoms with Gasteiger partial charge in [-0.1, -0.05) is 0 Å². The van der Waals surface area contributed by atoms with Gasteiger partial charge in [0.05, 0.1) is 23.8 Å². The number of nitro groups is 1. The number of carbonyl (C=O) groups is 1. The zero-order chi connectivity index (χ0) is 18.6. The van der Waals surface area contributed by atoms with Crippen molar-refractivity contribution in [1.82, 2.24) is 9.21 Å². The van der Waals surface area contributed by atoms with Crippen LogP contribution in [0, 0.1) is 10.1 Å². The van der Waals surface area contributed by atoms with Gasteiger partial charge in [0.25, 0.3) is 5.69 Å². The number of benzene rings is 1. The maximum absolute atomic E-state index is 12.1. The lowest BCUT2D eigenvalue weighted by atomic mass is 10.2. The van der Waals surface area contributed by atoms with Gasteiger partial charge in [0, 0.05) is 31.8 Å². The van der Waals surface area contributed by atoms with Crippen molar-refractivity contribution in [2.75, 3.05) is 32.5 Å². The molecule has 25 heavy (non-hydrogen) atoms. The number of piperazine rings is 1. The van der Waals surface area contributed by atoms with Gasteiger partial charge >= 0.3 is 6.09 Å². The van der Waals surface area contributed by atoms with Crippen LogP contribution in [-0.4, -0.2) is 72.3 Å². The Morgan fingerprint density at radius 2 is 2.00 bits per heavy atom. The molecule has 1 saturated heterocycles. The molecule has 0 radical (unpaired) electrons. The largest absolute Gasteiger partial charge is 0.445 e.